The van der Waals surface area contributed by atoms with Gasteiger partial charge in [0.25, 0.3) is 0 Å². The maximum Gasteiger partial charge on any atom is 0.113 e. The van der Waals surface area contributed by atoms with Crippen molar-refractivity contribution < 1.29 is 0 Å². The lowest BCUT2D eigenvalue weighted by Gasteiger charge is -2.35. The van der Waals surface area contributed by atoms with E-state index < -0.39 is 0 Å². The van der Waals surface area contributed by atoms with Gasteiger partial charge >= 0.3 is 0 Å². The molecule has 17 heavy (non-hydrogen) atoms. The Morgan fingerprint density at radius 1 is 1.24 bits per heavy atom. The van der Waals surface area contributed by atoms with Crippen LogP contribution < -0.4 is 5.32 Å². The van der Waals surface area contributed by atoms with Crippen molar-refractivity contribution in [2.75, 3.05) is 7.05 Å². The maximum absolute atomic E-state index is 4.90. The molecule has 2 nitrogen and oxygen atoms in total. The zero-order valence-electron chi connectivity index (χ0n) is 11.5. The first-order valence-electron chi connectivity index (χ1n) is 6.63. The van der Waals surface area contributed by atoms with Crippen LogP contribution in [0, 0.1) is 0 Å². The zero-order valence-corrected chi connectivity index (χ0v) is 12.3. The van der Waals surface area contributed by atoms with E-state index in [0.717, 1.165) is 0 Å². The molecule has 0 saturated heterocycles. The first-order valence-corrected chi connectivity index (χ1v) is 7.51. The van der Waals surface area contributed by atoms with Crippen LogP contribution in [0.2, 0.25) is 0 Å². The molecule has 1 N–H and O–H groups in total. The van der Waals surface area contributed by atoms with Crippen LogP contribution in [0.25, 0.3) is 0 Å². The molecule has 3 heteroatoms. The van der Waals surface area contributed by atoms with Crippen LogP contribution in [0.4, 0.5) is 0 Å². The smallest absolute Gasteiger partial charge is 0.113 e. The molecule has 1 aliphatic rings. The number of aromatic nitrogens is 1. The topological polar surface area (TPSA) is 24.9 Å². The second kappa shape index (κ2) is 4.69. The molecule has 0 amide bonds. The Morgan fingerprint density at radius 2 is 1.88 bits per heavy atom. The van der Waals surface area contributed by atoms with Crippen LogP contribution in [-0.2, 0) is 11.0 Å². The summed E-state index contributed by atoms with van der Waals surface area (Å²) in [5.74, 6) is 0. The van der Waals surface area contributed by atoms with Crippen molar-refractivity contribution in [2.45, 2.75) is 63.8 Å². The zero-order chi connectivity index (χ0) is 12.5. The summed E-state index contributed by atoms with van der Waals surface area (Å²) in [6.07, 6.45) is 6.50. The summed E-state index contributed by atoms with van der Waals surface area (Å²) in [5.41, 5.74) is 1.56. The molecule has 0 aromatic carbocycles. The molecular weight excluding hydrogens is 228 g/mol. The summed E-state index contributed by atoms with van der Waals surface area (Å²) in [5, 5.41) is 7.08. The molecule has 2 rings (SSSR count). The van der Waals surface area contributed by atoms with Crippen molar-refractivity contribution in [2.24, 2.45) is 0 Å². The van der Waals surface area contributed by atoms with E-state index in [4.69, 9.17) is 4.98 Å². The number of hydrogen-bond acceptors (Lipinski definition) is 3. The summed E-state index contributed by atoms with van der Waals surface area (Å²) in [6, 6.07) is 0. The molecule has 0 bridgehead atoms. The van der Waals surface area contributed by atoms with Gasteiger partial charge in [0, 0.05) is 10.8 Å². The van der Waals surface area contributed by atoms with Crippen molar-refractivity contribution in [3.8, 4) is 0 Å². The van der Waals surface area contributed by atoms with Gasteiger partial charge in [-0.2, -0.15) is 0 Å². The van der Waals surface area contributed by atoms with Gasteiger partial charge in [-0.25, -0.2) is 4.98 Å². The highest BCUT2D eigenvalue weighted by Gasteiger charge is 2.35. The average Bonchev–Trinajstić information content (AvgIpc) is 2.79. The highest BCUT2D eigenvalue weighted by molar-refractivity contribution is 7.09. The number of nitrogens with one attached hydrogen (secondary N) is 1. The van der Waals surface area contributed by atoms with Crippen molar-refractivity contribution >= 4 is 11.3 Å². The molecule has 1 aromatic rings. The molecule has 0 atom stereocenters. The van der Waals surface area contributed by atoms with E-state index in [2.05, 4.69) is 38.5 Å². The Balaban J connectivity index is 2.28. The summed E-state index contributed by atoms with van der Waals surface area (Å²) in [7, 11) is 2.09. The summed E-state index contributed by atoms with van der Waals surface area (Å²) >= 11 is 1.83. The monoisotopic (exact) mass is 252 g/mol. The Hall–Kier alpha value is -0.410. The van der Waals surface area contributed by atoms with Crippen LogP contribution in [0.3, 0.4) is 0 Å². The number of rotatable bonds is 2. The highest BCUT2D eigenvalue weighted by Crippen LogP contribution is 2.39. The molecule has 1 heterocycles. The summed E-state index contributed by atoms with van der Waals surface area (Å²) in [4.78, 5) is 4.90. The fraction of sp³-hybridized carbons (Fsp3) is 0.786. The Morgan fingerprint density at radius 3 is 2.35 bits per heavy atom. The predicted molar refractivity (Wildman–Crippen MR) is 74.6 cm³/mol. The van der Waals surface area contributed by atoms with E-state index >= 15 is 0 Å². The van der Waals surface area contributed by atoms with Gasteiger partial charge < -0.3 is 5.32 Å². The first kappa shape index (κ1) is 13.0. The first-order chi connectivity index (χ1) is 7.98. The third-order valence-corrected chi connectivity index (χ3v) is 4.91. The molecule has 0 unspecified atom stereocenters. The molecule has 1 fully saturated rings. The highest BCUT2D eigenvalue weighted by atomic mass is 32.1. The second-order valence-corrected chi connectivity index (χ2v) is 7.04. The third-order valence-electron chi connectivity index (χ3n) is 3.87. The third kappa shape index (κ3) is 2.55. The largest absolute Gasteiger partial charge is 0.308 e. The van der Waals surface area contributed by atoms with Gasteiger partial charge in [0.1, 0.15) is 5.01 Å². The Kier molecular flexibility index (Phi) is 3.60. The lowest BCUT2D eigenvalue weighted by atomic mass is 9.82. The molecule has 1 saturated carbocycles. The lowest BCUT2D eigenvalue weighted by molar-refractivity contribution is 0.249. The fourth-order valence-electron chi connectivity index (χ4n) is 2.56. The predicted octanol–water partition coefficient (Wildman–Crippen LogP) is 3.82. The number of thiazole rings is 1. The van der Waals surface area contributed by atoms with E-state index in [1.54, 1.807) is 0 Å². The SMILES string of the molecule is CNC1(c2nc(C(C)(C)C)cs2)CCCCC1. The van der Waals surface area contributed by atoms with Gasteiger partial charge in [0.15, 0.2) is 0 Å². The van der Waals surface area contributed by atoms with Crippen LogP contribution in [0.5, 0.6) is 0 Å². The van der Waals surface area contributed by atoms with E-state index in [9.17, 15) is 0 Å². The van der Waals surface area contributed by atoms with Crippen molar-refractivity contribution in [3.05, 3.63) is 16.1 Å². The normalized spacial score (nSPS) is 20.5. The van der Waals surface area contributed by atoms with Crippen molar-refractivity contribution in [1.29, 1.82) is 0 Å². The van der Waals surface area contributed by atoms with Crippen LogP contribution in [0.1, 0.15) is 63.6 Å². The summed E-state index contributed by atoms with van der Waals surface area (Å²) in [6.45, 7) is 6.70. The Bertz CT molecular complexity index is 370. The number of nitrogens with zero attached hydrogens (tertiary/aromatic N) is 1. The molecule has 0 aliphatic heterocycles. The van der Waals surface area contributed by atoms with E-state index in [-0.39, 0.29) is 11.0 Å². The van der Waals surface area contributed by atoms with Gasteiger partial charge in [-0.05, 0) is 19.9 Å². The average molecular weight is 252 g/mol. The molecule has 0 radical (unpaired) electrons. The van der Waals surface area contributed by atoms with Gasteiger partial charge in [-0.15, -0.1) is 11.3 Å². The van der Waals surface area contributed by atoms with Gasteiger partial charge in [0.2, 0.25) is 0 Å². The van der Waals surface area contributed by atoms with Crippen LogP contribution >= 0.6 is 11.3 Å². The van der Waals surface area contributed by atoms with Gasteiger partial charge in [-0.1, -0.05) is 40.0 Å². The molecule has 0 spiro atoms. The quantitative estimate of drug-likeness (QED) is 0.865. The van der Waals surface area contributed by atoms with Gasteiger partial charge in [0.05, 0.1) is 11.2 Å². The minimum atomic E-state index is 0.159. The fourth-order valence-corrected chi connectivity index (χ4v) is 3.88. The molecule has 96 valence electrons. The van der Waals surface area contributed by atoms with E-state index in [1.165, 1.54) is 42.8 Å². The number of hydrogen-bond donors (Lipinski definition) is 1. The van der Waals surface area contributed by atoms with Crippen molar-refractivity contribution in [3.63, 3.8) is 0 Å². The second-order valence-electron chi connectivity index (χ2n) is 6.18. The molecular formula is C14H24N2S. The van der Waals surface area contributed by atoms with E-state index in [0.29, 0.717) is 0 Å². The minimum Gasteiger partial charge on any atom is -0.308 e. The standard InChI is InChI=1S/C14H24N2S/c1-13(2,3)11-10-17-12(16-11)14(15-4)8-6-5-7-9-14/h10,15H,5-9H2,1-4H3. The van der Waals surface area contributed by atoms with E-state index in [1.807, 2.05) is 11.3 Å². The summed E-state index contributed by atoms with van der Waals surface area (Å²) < 4.78 is 0. The Labute approximate surface area is 109 Å². The van der Waals surface area contributed by atoms with Crippen molar-refractivity contribution in [1.82, 2.24) is 10.3 Å². The van der Waals surface area contributed by atoms with Gasteiger partial charge in [-0.3, -0.25) is 0 Å². The van der Waals surface area contributed by atoms with Crippen LogP contribution in [-0.4, -0.2) is 12.0 Å². The molecule has 1 aromatic heterocycles. The molecule has 1 aliphatic carbocycles. The maximum atomic E-state index is 4.90. The lowest BCUT2D eigenvalue weighted by Crippen LogP contribution is -2.41. The minimum absolute atomic E-state index is 0.159. The van der Waals surface area contributed by atoms with Crippen LogP contribution in [0.15, 0.2) is 5.38 Å².